The second-order valence-corrected chi connectivity index (χ2v) is 7.15. The van der Waals surface area contributed by atoms with E-state index in [1.54, 1.807) is 18.7 Å². The third-order valence-electron chi connectivity index (χ3n) is 4.06. The number of β-amino-alcohol motifs (C(OH)–C–C–N with tert-alkyl or cyclic N) is 1. The Hall–Kier alpha value is -1.77. The van der Waals surface area contributed by atoms with Gasteiger partial charge in [0.2, 0.25) is 0 Å². The maximum Gasteiger partial charge on any atom is 0.264 e. The van der Waals surface area contributed by atoms with Gasteiger partial charge in [0.15, 0.2) is 0 Å². The topological polar surface area (TPSA) is 95.5 Å². The number of rotatable bonds is 3. The minimum atomic E-state index is -0.846. The Kier molecular flexibility index (Phi) is 3.99. The molecule has 7 nitrogen and oxygen atoms in total. The molecule has 3 rings (SSSR count). The predicted octanol–water partition coefficient (Wildman–Crippen LogP) is 1.04. The number of nitrogens with zero attached hydrogens (tertiary/aromatic N) is 2. The van der Waals surface area contributed by atoms with E-state index in [9.17, 15) is 14.7 Å². The summed E-state index contributed by atoms with van der Waals surface area (Å²) in [4.78, 5) is 34.7. The molecular formula is C15H19N3O4S. The molecule has 23 heavy (non-hydrogen) atoms. The number of likely N-dealkylation sites (tertiary alicyclic amines) is 1. The van der Waals surface area contributed by atoms with Gasteiger partial charge in [-0.3, -0.25) is 9.59 Å². The van der Waals surface area contributed by atoms with Gasteiger partial charge in [-0.1, -0.05) is 0 Å². The molecule has 2 aromatic heterocycles. The van der Waals surface area contributed by atoms with Crippen molar-refractivity contribution in [3.8, 4) is 0 Å². The maximum atomic E-state index is 12.7. The van der Waals surface area contributed by atoms with Gasteiger partial charge in [0.25, 0.3) is 11.5 Å². The fraction of sp³-hybridized carbons (Fsp3) is 0.533. The van der Waals surface area contributed by atoms with Gasteiger partial charge in [-0.25, -0.2) is 4.98 Å². The number of amides is 1. The zero-order valence-corrected chi connectivity index (χ0v) is 14.1. The number of thiophene rings is 1. The standard InChI is InChI=1S/C15H19N3O4S/c1-8-10-12(19)16-9(6-22-3)17-13(10)23-11(8)14(20)18-5-4-15(2,21)7-18/h21H,4-7H2,1-3H3,(H,16,17,19). The summed E-state index contributed by atoms with van der Waals surface area (Å²) in [6, 6.07) is 0. The van der Waals surface area contributed by atoms with E-state index in [1.807, 2.05) is 0 Å². The lowest BCUT2D eigenvalue weighted by Crippen LogP contribution is -2.33. The van der Waals surface area contributed by atoms with E-state index < -0.39 is 5.60 Å². The molecule has 1 aliphatic rings. The number of aryl methyl sites for hydroxylation is 1. The molecule has 0 radical (unpaired) electrons. The Morgan fingerprint density at radius 2 is 2.30 bits per heavy atom. The molecule has 0 bridgehead atoms. The summed E-state index contributed by atoms with van der Waals surface area (Å²) in [7, 11) is 1.53. The normalized spacial score (nSPS) is 21.3. The van der Waals surface area contributed by atoms with Crippen LogP contribution in [0.25, 0.3) is 10.2 Å². The van der Waals surface area contributed by atoms with Crippen LogP contribution in [0.4, 0.5) is 0 Å². The predicted molar refractivity (Wildman–Crippen MR) is 86.8 cm³/mol. The lowest BCUT2D eigenvalue weighted by Gasteiger charge is -2.18. The third-order valence-corrected chi connectivity index (χ3v) is 5.24. The number of H-pyrrole nitrogens is 1. The molecule has 0 aromatic carbocycles. The number of hydrogen-bond donors (Lipinski definition) is 2. The molecule has 1 amide bonds. The number of nitrogens with one attached hydrogen (secondary N) is 1. The molecule has 0 spiro atoms. The van der Waals surface area contributed by atoms with Crippen LogP contribution >= 0.6 is 11.3 Å². The van der Waals surface area contributed by atoms with Crippen molar-refractivity contribution in [1.82, 2.24) is 14.9 Å². The first-order chi connectivity index (χ1) is 10.8. The first-order valence-electron chi connectivity index (χ1n) is 7.35. The molecule has 0 aliphatic carbocycles. The molecule has 2 aromatic rings. The van der Waals surface area contributed by atoms with Crippen molar-refractivity contribution in [2.75, 3.05) is 20.2 Å². The number of carbonyl (C=O) groups excluding carboxylic acids is 1. The Morgan fingerprint density at radius 3 is 2.91 bits per heavy atom. The second-order valence-electron chi connectivity index (χ2n) is 6.16. The van der Waals surface area contributed by atoms with Crippen LogP contribution in [-0.2, 0) is 11.3 Å². The van der Waals surface area contributed by atoms with Gasteiger partial charge in [0, 0.05) is 20.2 Å². The molecule has 1 unspecified atom stereocenters. The minimum absolute atomic E-state index is 0.157. The van der Waals surface area contributed by atoms with Gasteiger partial charge >= 0.3 is 0 Å². The van der Waals surface area contributed by atoms with Crippen LogP contribution in [-0.4, -0.2) is 51.7 Å². The van der Waals surface area contributed by atoms with Crippen molar-refractivity contribution < 1.29 is 14.6 Å². The van der Waals surface area contributed by atoms with Gasteiger partial charge in [-0.2, -0.15) is 0 Å². The quantitative estimate of drug-likeness (QED) is 0.872. The highest BCUT2D eigenvalue weighted by Crippen LogP contribution is 2.30. The Morgan fingerprint density at radius 1 is 1.57 bits per heavy atom. The van der Waals surface area contributed by atoms with E-state index in [2.05, 4.69) is 9.97 Å². The number of aromatic amines is 1. The van der Waals surface area contributed by atoms with Gasteiger partial charge < -0.3 is 19.7 Å². The van der Waals surface area contributed by atoms with Crippen molar-refractivity contribution in [3.05, 3.63) is 26.6 Å². The van der Waals surface area contributed by atoms with E-state index >= 15 is 0 Å². The molecule has 8 heteroatoms. The number of methoxy groups -OCH3 is 1. The van der Waals surface area contributed by atoms with Crippen molar-refractivity contribution in [2.24, 2.45) is 0 Å². The van der Waals surface area contributed by atoms with E-state index in [0.29, 0.717) is 46.0 Å². The monoisotopic (exact) mass is 337 g/mol. The molecule has 124 valence electrons. The average Bonchev–Trinajstić information content (AvgIpc) is 2.99. The average molecular weight is 337 g/mol. The van der Waals surface area contributed by atoms with Crippen LogP contribution in [0.15, 0.2) is 4.79 Å². The number of aromatic nitrogens is 2. The summed E-state index contributed by atoms with van der Waals surface area (Å²) in [5, 5.41) is 10.5. The van der Waals surface area contributed by atoms with Crippen LogP contribution < -0.4 is 5.56 Å². The van der Waals surface area contributed by atoms with E-state index in [0.717, 1.165) is 0 Å². The van der Waals surface area contributed by atoms with Crippen molar-refractivity contribution in [3.63, 3.8) is 0 Å². The number of ether oxygens (including phenoxy) is 1. The summed E-state index contributed by atoms with van der Waals surface area (Å²) in [6.45, 7) is 4.51. The SMILES string of the molecule is COCc1nc2sc(C(=O)N3CCC(C)(O)C3)c(C)c2c(=O)[nH]1. The van der Waals surface area contributed by atoms with Crippen molar-refractivity contribution in [1.29, 1.82) is 0 Å². The number of fused-ring (bicyclic) bond motifs is 1. The Labute approximate surface area is 136 Å². The zero-order valence-electron chi connectivity index (χ0n) is 13.3. The lowest BCUT2D eigenvalue weighted by atomic mass is 10.1. The van der Waals surface area contributed by atoms with E-state index in [4.69, 9.17) is 4.74 Å². The molecular weight excluding hydrogens is 318 g/mol. The first kappa shape index (κ1) is 16.1. The fourth-order valence-corrected chi connectivity index (χ4v) is 4.03. The highest BCUT2D eigenvalue weighted by atomic mass is 32.1. The highest BCUT2D eigenvalue weighted by Gasteiger charge is 2.35. The van der Waals surface area contributed by atoms with Crippen LogP contribution in [0.3, 0.4) is 0 Å². The van der Waals surface area contributed by atoms with Gasteiger partial charge in [0.05, 0.1) is 15.9 Å². The zero-order chi connectivity index (χ0) is 16.8. The van der Waals surface area contributed by atoms with Crippen LogP contribution in [0.5, 0.6) is 0 Å². The largest absolute Gasteiger partial charge is 0.388 e. The Bertz CT molecular complexity index is 824. The Balaban J connectivity index is 2.02. The minimum Gasteiger partial charge on any atom is -0.388 e. The van der Waals surface area contributed by atoms with Crippen LogP contribution in [0, 0.1) is 6.92 Å². The third kappa shape index (κ3) is 2.89. The molecule has 3 heterocycles. The summed E-state index contributed by atoms with van der Waals surface area (Å²) in [5.74, 6) is 0.283. The molecule has 2 N–H and O–H groups in total. The van der Waals surface area contributed by atoms with Gasteiger partial charge in [-0.15, -0.1) is 11.3 Å². The highest BCUT2D eigenvalue weighted by molar-refractivity contribution is 7.20. The summed E-state index contributed by atoms with van der Waals surface area (Å²) >= 11 is 1.21. The van der Waals surface area contributed by atoms with Crippen molar-refractivity contribution in [2.45, 2.75) is 32.5 Å². The fourth-order valence-electron chi connectivity index (χ4n) is 2.86. The van der Waals surface area contributed by atoms with Crippen LogP contribution in [0.2, 0.25) is 0 Å². The van der Waals surface area contributed by atoms with Gasteiger partial charge in [0.1, 0.15) is 17.3 Å². The molecule has 1 saturated heterocycles. The summed E-state index contributed by atoms with van der Waals surface area (Å²) in [6.07, 6.45) is 0.555. The second kappa shape index (κ2) is 5.70. The number of carbonyl (C=O) groups is 1. The molecule has 0 saturated carbocycles. The van der Waals surface area contributed by atoms with E-state index in [-0.39, 0.29) is 18.1 Å². The maximum absolute atomic E-state index is 12.7. The van der Waals surface area contributed by atoms with Gasteiger partial charge in [-0.05, 0) is 25.8 Å². The number of hydrogen-bond acceptors (Lipinski definition) is 6. The summed E-state index contributed by atoms with van der Waals surface area (Å²) < 4.78 is 4.99. The molecule has 1 aliphatic heterocycles. The first-order valence-corrected chi connectivity index (χ1v) is 8.17. The molecule has 1 atom stereocenters. The lowest BCUT2D eigenvalue weighted by molar-refractivity contribution is 0.0574. The summed E-state index contributed by atoms with van der Waals surface area (Å²) in [5.41, 5.74) is -0.468. The smallest absolute Gasteiger partial charge is 0.264 e. The van der Waals surface area contributed by atoms with Crippen LogP contribution in [0.1, 0.15) is 34.4 Å². The van der Waals surface area contributed by atoms with E-state index in [1.165, 1.54) is 18.4 Å². The number of aliphatic hydroxyl groups is 1. The van der Waals surface area contributed by atoms with Crippen molar-refractivity contribution >= 4 is 27.5 Å². The molecule has 1 fully saturated rings.